The Balaban J connectivity index is 2.05. The Kier molecular flexibility index (Phi) is 3.87. The van der Waals surface area contributed by atoms with Gasteiger partial charge in [-0.25, -0.2) is 0 Å². The van der Waals surface area contributed by atoms with Crippen molar-refractivity contribution in [1.82, 2.24) is 0 Å². The van der Waals surface area contributed by atoms with Gasteiger partial charge in [0.2, 0.25) is 5.78 Å². The smallest absolute Gasteiger partial charge is 0.235 e. The van der Waals surface area contributed by atoms with Gasteiger partial charge in [-0.15, -0.1) is 0 Å². The van der Waals surface area contributed by atoms with E-state index < -0.39 is 0 Å². The van der Waals surface area contributed by atoms with Crippen LogP contribution in [0, 0.1) is 13.8 Å². The Labute approximate surface area is 114 Å². The van der Waals surface area contributed by atoms with E-state index in [1.54, 1.807) is 12.1 Å². The van der Waals surface area contributed by atoms with E-state index in [-0.39, 0.29) is 12.4 Å². The lowest BCUT2D eigenvalue weighted by Gasteiger charge is -2.09. The monoisotopic (exact) mass is 308 g/mol. The van der Waals surface area contributed by atoms with E-state index in [0.717, 1.165) is 15.6 Å². The zero-order chi connectivity index (χ0) is 13.1. The van der Waals surface area contributed by atoms with Crippen molar-refractivity contribution in [3.05, 3.63) is 51.9 Å². The molecule has 0 atom stereocenters. The summed E-state index contributed by atoms with van der Waals surface area (Å²) in [6.07, 6.45) is 1.47. The number of aryl methyl sites for hydroxylation is 2. The third-order valence-electron chi connectivity index (χ3n) is 2.58. The summed E-state index contributed by atoms with van der Waals surface area (Å²) in [6, 6.07) is 7.10. The topological polar surface area (TPSA) is 39.4 Å². The molecule has 18 heavy (non-hydrogen) atoms. The Morgan fingerprint density at radius 2 is 2.00 bits per heavy atom. The SMILES string of the molecule is Cc1cc(OCC(=O)c2ccco2)cc(C)c1Br. The second-order valence-corrected chi connectivity index (χ2v) is 4.85. The molecule has 0 N–H and O–H groups in total. The molecule has 0 radical (unpaired) electrons. The molecule has 94 valence electrons. The number of Topliss-reactive ketones (excluding diaryl/α,β-unsaturated/α-hetero) is 1. The lowest BCUT2D eigenvalue weighted by Crippen LogP contribution is -2.10. The van der Waals surface area contributed by atoms with Gasteiger partial charge in [-0.3, -0.25) is 4.79 Å². The van der Waals surface area contributed by atoms with Crippen molar-refractivity contribution in [2.75, 3.05) is 6.61 Å². The maximum Gasteiger partial charge on any atom is 0.235 e. The minimum atomic E-state index is -0.168. The lowest BCUT2D eigenvalue weighted by molar-refractivity contribution is 0.0893. The van der Waals surface area contributed by atoms with E-state index in [1.807, 2.05) is 26.0 Å². The van der Waals surface area contributed by atoms with Gasteiger partial charge in [0, 0.05) is 4.47 Å². The number of ether oxygens (including phenoxy) is 1. The summed E-state index contributed by atoms with van der Waals surface area (Å²) in [5.74, 6) is 0.840. The largest absolute Gasteiger partial charge is 0.485 e. The minimum absolute atomic E-state index is 0.0198. The first-order valence-electron chi connectivity index (χ1n) is 5.54. The highest BCUT2D eigenvalue weighted by Gasteiger charge is 2.10. The Morgan fingerprint density at radius 1 is 1.33 bits per heavy atom. The second kappa shape index (κ2) is 5.40. The summed E-state index contributed by atoms with van der Waals surface area (Å²) >= 11 is 3.49. The molecule has 0 aliphatic heterocycles. The van der Waals surface area contributed by atoms with Gasteiger partial charge >= 0.3 is 0 Å². The Hall–Kier alpha value is -1.55. The maximum atomic E-state index is 11.7. The zero-order valence-corrected chi connectivity index (χ0v) is 11.8. The van der Waals surface area contributed by atoms with Gasteiger partial charge in [-0.2, -0.15) is 0 Å². The maximum absolute atomic E-state index is 11.7. The van der Waals surface area contributed by atoms with E-state index in [4.69, 9.17) is 9.15 Å². The first kappa shape index (κ1) is 12.9. The zero-order valence-electron chi connectivity index (χ0n) is 10.2. The van der Waals surface area contributed by atoms with Crippen molar-refractivity contribution in [3.63, 3.8) is 0 Å². The average Bonchev–Trinajstić information content (AvgIpc) is 2.86. The molecule has 0 saturated carbocycles. The molecule has 0 unspecified atom stereocenters. The van der Waals surface area contributed by atoms with Crippen LogP contribution in [0.4, 0.5) is 0 Å². The van der Waals surface area contributed by atoms with E-state index in [9.17, 15) is 4.79 Å². The molecule has 1 aromatic heterocycles. The first-order chi connectivity index (χ1) is 8.58. The molecule has 0 amide bonds. The molecule has 2 aromatic rings. The van der Waals surface area contributed by atoms with Gasteiger partial charge in [0.1, 0.15) is 5.75 Å². The number of carbonyl (C=O) groups excluding carboxylic acids is 1. The number of carbonyl (C=O) groups is 1. The lowest BCUT2D eigenvalue weighted by atomic mass is 10.1. The molecule has 1 heterocycles. The normalized spacial score (nSPS) is 10.4. The fourth-order valence-corrected chi connectivity index (χ4v) is 1.88. The predicted molar refractivity (Wildman–Crippen MR) is 72.1 cm³/mol. The van der Waals surface area contributed by atoms with Gasteiger partial charge in [0.25, 0.3) is 0 Å². The molecule has 0 bridgehead atoms. The fourth-order valence-electron chi connectivity index (χ4n) is 1.65. The van der Waals surface area contributed by atoms with Gasteiger partial charge in [-0.1, -0.05) is 15.9 Å². The molecule has 1 aromatic carbocycles. The van der Waals surface area contributed by atoms with Crippen molar-refractivity contribution >= 4 is 21.7 Å². The average molecular weight is 309 g/mol. The van der Waals surface area contributed by atoms with Crippen LogP contribution < -0.4 is 4.74 Å². The van der Waals surface area contributed by atoms with Gasteiger partial charge in [-0.05, 0) is 49.2 Å². The van der Waals surface area contributed by atoms with Crippen molar-refractivity contribution in [1.29, 1.82) is 0 Å². The fraction of sp³-hybridized carbons (Fsp3) is 0.214. The molecule has 0 saturated heterocycles. The number of hydrogen-bond donors (Lipinski definition) is 0. The molecule has 0 spiro atoms. The van der Waals surface area contributed by atoms with Crippen LogP contribution in [0.5, 0.6) is 5.75 Å². The van der Waals surface area contributed by atoms with Crippen LogP contribution in [0.3, 0.4) is 0 Å². The highest BCUT2D eigenvalue weighted by atomic mass is 79.9. The number of benzene rings is 1. The summed E-state index contributed by atoms with van der Waals surface area (Å²) in [4.78, 5) is 11.7. The Morgan fingerprint density at radius 3 is 2.56 bits per heavy atom. The second-order valence-electron chi connectivity index (χ2n) is 4.06. The van der Waals surface area contributed by atoms with E-state index in [1.165, 1.54) is 6.26 Å². The molecule has 0 aliphatic rings. The van der Waals surface area contributed by atoms with Crippen LogP contribution in [-0.2, 0) is 0 Å². The van der Waals surface area contributed by atoms with Crippen molar-refractivity contribution in [3.8, 4) is 5.75 Å². The van der Waals surface area contributed by atoms with E-state index in [2.05, 4.69) is 15.9 Å². The van der Waals surface area contributed by atoms with Gasteiger partial charge in [0.15, 0.2) is 12.4 Å². The molecule has 2 rings (SSSR count). The summed E-state index contributed by atoms with van der Waals surface area (Å²) in [7, 11) is 0. The molecule has 3 nitrogen and oxygen atoms in total. The van der Waals surface area contributed by atoms with Crippen molar-refractivity contribution in [2.45, 2.75) is 13.8 Å². The van der Waals surface area contributed by atoms with Crippen LogP contribution in [0.1, 0.15) is 21.7 Å². The first-order valence-corrected chi connectivity index (χ1v) is 6.33. The van der Waals surface area contributed by atoms with Crippen LogP contribution in [0.2, 0.25) is 0 Å². The standard InChI is InChI=1S/C14H13BrO3/c1-9-6-11(7-10(2)14(9)15)18-8-12(16)13-4-3-5-17-13/h3-7H,8H2,1-2H3. The number of rotatable bonds is 4. The highest BCUT2D eigenvalue weighted by molar-refractivity contribution is 9.10. The molecular formula is C14H13BrO3. The number of ketones is 1. The van der Waals surface area contributed by atoms with E-state index in [0.29, 0.717) is 11.5 Å². The third-order valence-corrected chi connectivity index (χ3v) is 3.83. The summed E-state index contributed by atoms with van der Waals surface area (Å²) < 4.78 is 11.6. The van der Waals surface area contributed by atoms with Crippen LogP contribution in [-0.4, -0.2) is 12.4 Å². The number of hydrogen-bond acceptors (Lipinski definition) is 3. The third kappa shape index (κ3) is 2.82. The van der Waals surface area contributed by atoms with Crippen LogP contribution in [0.15, 0.2) is 39.4 Å². The number of halogens is 1. The summed E-state index contributed by atoms with van der Waals surface area (Å²) in [5, 5.41) is 0. The molecular weight excluding hydrogens is 296 g/mol. The van der Waals surface area contributed by atoms with Crippen molar-refractivity contribution < 1.29 is 13.9 Å². The van der Waals surface area contributed by atoms with E-state index >= 15 is 0 Å². The van der Waals surface area contributed by atoms with Gasteiger partial charge < -0.3 is 9.15 Å². The highest BCUT2D eigenvalue weighted by Crippen LogP contribution is 2.26. The minimum Gasteiger partial charge on any atom is -0.485 e. The molecule has 4 heteroatoms. The van der Waals surface area contributed by atoms with Crippen molar-refractivity contribution in [2.24, 2.45) is 0 Å². The van der Waals surface area contributed by atoms with Crippen LogP contribution in [0.25, 0.3) is 0 Å². The quantitative estimate of drug-likeness (QED) is 0.804. The summed E-state index contributed by atoms with van der Waals surface area (Å²) in [5.41, 5.74) is 2.16. The molecule has 0 fully saturated rings. The summed E-state index contributed by atoms with van der Waals surface area (Å²) in [6.45, 7) is 3.95. The van der Waals surface area contributed by atoms with Gasteiger partial charge in [0.05, 0.1) is 6.26 Å². The number of furan rings is 1. The van der Waals surface area contributed by atoms with Crippen LogP contribution >= 0.6 is 15.9 Å². The predicted octanol–water partition coefficient (Wildman–Crippen LogP) is 3.92. The Bertz CT molecular complexity index is 535. The molecule has 0 aliphatic carbocycles.